The Bertz CT molecular complexity index is 3300. The van der Waals surface area contributed by atoms with E-state index in [0.29, 0.717) is 0 Å². The van der Waals surface area contributed by atoms with Crippen molar-refractivity contribution >= 4 is 47.4 Å². The minimum absolute atomic E-state index is 0.117. The maximum absolute atomic E-state index is 14.3. The van der Waals surface area contributed by atoms with Crippen LogP contribution in [0.15, 0.2) is 24.4 Å². The summed E-state index contributed by atoms with van der Waals surface area (Å²) < 4.78 is 71.0. The number of carbonyl (C=O) groups excluding carboxylic acids is 4. The minimum atomic E-state index is -3.79. The van der Waals surface area contributed by atoms with Crippen molar-refractivity contribution in [2.45, 2.75) is 272 Å². The zero-order valence-electron chi connectivity index (χ0n) is 61.1. The lowest BCUT2D eigenvalue weighted by Crippen LogP contribution is -2.73. The van der Waals surface area contributed by atoms with Crippen molar-refractivity contribution in [3.63, 3.8) is 0 Å². The van der Waals surface area contributed by atoms with Crippen LogP contribution in [0.2, 0.25) is 0 Å². The number of carbonyl (C=O) groups is 7. The quantitative estimate of drug-likeness (QED) is 0.0292. The van der Waals surface area contributed by atoms with Crippen molar-refractivity contribution < 1.29 is 218 Å². The molecular weight excluding hydrogens is 1560 g/mol. The van der Waals surface area contributed by atoms with Crippen molar-refractivity contribution in [3.8, 4) is 0 Å². The lowest BCUT2D eigenvalue weighted by molar-refractivity contribution is -0.401. The highest BCUT2D eigenvalue weighted by Gasteiger charge is 2.65. The average Bonchev–Trinajstić information content (AvgIpc) is 0.756. The van der Waals surface area contributed by atoms with E-state index < -0.39 is 339 Å². The summed E-state index contributed by atoms with van der Waals surface area (Å²) in [6.07, 6.45) is -75.3. The van der Waals surface area contributed by atoms with E-state index in [9.17, 15) is 161 Å². The molecule has 50 heteroatoms. The Balaban J connectivity index is 1.33. The van der Waals surface area contributed by atoms with Gasteiger partial charge in [0.15, 0.2) is 18.9 Å². The molecule has 0 aliphatic carbocycles. The number of nitrogens with one attached hydrogen (secondary N) is 5. The Kier molecular flexibility index (Phi) is 34.2. The molecule has 4 amide bonds. The van der Waals surface area contributed by atoms with Crippen LogP contribution in [-0.2, 0) is 90.4 Å². The number of ether oxygens (including phenoxy) is 12. The number of nitrogens with zero attached hydrogens (tertiary/aromatic N) is 1. The van der Waals surface area contributed by atoms with Crippen LogP contribution in [-0.4, -0.2) is 452 Å². The molecule has 0 bridgehead atoms. The van der Waals surface area contributed by atoms with Gasteiger partial charge in [-0.15, -0.1) is 0 Å². The molecule has 652 valence electrons. The summed E-state index contributed by atoms with van der Waals surface area (Å²) in [5.74, 6) is -21.5. The summed E-state index contributed by atoms with van der Waals surface area (Å²) in [5.41, 5.74) is 0. The monoisotopic (exact) mass is 1660 g/mol. The largest absolute Gasteiger partial charge is 0.477 e. The number of carboxylic acids is 3. The molecule has 0 spiro atoms. The first kappa shape index (κ1) is 95.0. The summed E-state index contributed by atoms with van der Waals surface area (Å²) in [6, 6.07) is -3.58. The van der Waals surface area contributed by atoms with Crippen LogP contribution < -0.4 is 26.6 Å². The van der Waals surface area contributed by atoms with Gasteiger partial charge in [0, 0.05) is 59.7 Å². The first-order valence-corrected chi connectivity index (χ1v) is 35.5. The molecule has 1 aromatic heterocycles. The first-order chi connectivity index (χ1) is 53.6. The third-order valence-electron chi connectivity index (χ3n) is 19.7. The predicted octanol–water partition coefficient (Wildman–Crippen LogP) is -16.9. The zero-order valence-corrected chi connectivity index (χ0v) is 61.1. The van der Waals surface area contributed by atoms with Crippen LogP contribution in [0.25, 0.3) is 0 Å². The zero-order chi connectivity index (χ0) is 85.1. The van der Waals surface area contributed by atoms with Crippen LogP contribution in [0.4, 0.5) is 5.82 Å². The summed E-state index contributed by atoms with van der Waals surface area (Å²) >= 11 is 0. The SMILES string of the molecule is CC(=O)N[C@H]1[C@H](O[C@@H]2[C@H](O[C@]3(C(=O)O)C[C@H](O)[C@@H](NC(C)=O)[C@H]([C@H](O)[C@@H](CO)O[C@]4(C(=O)O)C[C@H](O)[C@@H](NC(C)=O)[C@H]([C@H](O)[C@H](O)CO)O4)O3)[C@@H](O)[C@H](O[C@@H]([C@H](O)[C@@H](O)CNc3ccccn3)[C@H](O)CO)O[C@@H]2CO)O[C@H](CO)[C@H](O)[C@@H]1O[C@@H]1O[C@H](CO)[C@H](O)[C@H](O[C@]2(C(=O)O)C[C@H](O)[C@@H](NC(C)=O)[C@H]([C@H](O)[C@H](O)CO)O2)[C@H]1O. The smallest absolute Gasteiger partial charge is 0.364 e. The van der Waals surface area contributed by atoms with Crippen LogP contribution in [0.5, 0.6) is 0 Å². The Morgan fingerprint density at radius 1 is 0.465 bits per heavy atom. The molecule has 0 unspecified atom stereocenters. The molecule has 6 aliphatic rings. The number of carboxylic acid groups (broad SMARTS) is 3. The first-order valence-electron chi connectivity index (χ1n) is 35.5. The van der Waals surface area contributed by atoms with Crippen molar-refractivity contribution in [1.29, 1.82) is 0 Å². The summed E-state index contributed by atoms with van der Waals surface area (Å²) in [4.78, 5) is 96.1. The second-order valence-electron chi connectivity index (χ2n) is 28.0. The third kappa shape index (κ3) is 21.7. The van der Waals surface area contributed by atoms with Crippen molar-refractivity contribution in [3.05, 3.63) is 24.4 Å². The average molecular weight is 1660 g/mol. The fourth-order valence-electron chi connectivity index (χ4n) is 14.0. The lowest BCUT2D eigenvalue weighted by atomic mass is 9.87. The van der Waals surface area contributed by atoms with Gasteiger partial charge in [0.2, 0.25) is 23.6 Å². The van der Waals surface area contributed by atoms with Gasteiger partial charge in [-0.1, -0.05) is 6.07 Å². The molecule has 0 radical (unpaired) electrons. The molecule has 0 aromatic carbocycles. The fraction of sp³-hybridized carbons (Fsp3) is 0.812. The Labute approximate surface area is 644 Å². The molecule has 50 nitrogen and oxygen atoms in total. The van der Waals surface area contributed by atoms with Crippen molar-refractivity contribution in [1.82, 2.24) is 26.3 Å². The van der Waals surface area contributed by atoms with Gasteiger partial charge in [-0.3, -0.25) is 19.2 Å². The lowest BCUT2D eigenvalue weighted by Gasteiger charge is -2.53. The van der Waals surface area contributed by atoms with Gasteiger partial charge in [0.05, 0.1) is 88.8 Å². The van der Waals surface area contributed by atoms with Gasteiger partial charge in [0.1, 0.15) is 152 Å². The van der Waals surface area contributed by atoms with E-state index in [1.165, 1.54) is 24.4 Å². The number of hydrogen-bond acceptors (Lipinski definition) is 43. The highest BCUT2D eigenvalue weighted by Crippen LogP contribution is 2.44. The van der Waals surface area contributed by atoms with Gasteiger partial charge in [0.25, 0.3) is 17.4 Å². The predicted molar refractivity (Wildman–Crippen MR) is 358 cm³/mol. The van der Waals surface area contributed by atoms with E-state index in [-0.39, 0.29) is 5.82 Å². The van der Waals surface area contributed by atoms with Crippen molar-refractivity contribution in [2.24, 2.45) is 0 Å². The van der Waals surface area contributed by atoms with Crippen LogP contribution >= 0.6 is 0 Å². The Morgan fingerprint density at radius 3 is 1.30 bits per heavy atom. The van der Waals surface area contributed by atoms with E-state index in [4.69, 9.17) is 56.8 Å². The van der Waals surface area contributed by atoms with Crippen LogP contribution in [0.3, 0.4) is 0 Å². The summed E-state index contributed by atoms with van der Waals surface area (Å²) in [7, 11) is 0. The minimum Gasteiger partial charge on any atom is -0.477 e. The van der Waals surface area contributed by atoms with Gasteiger partial charge in [-0.2, -0.15) is 0 Å². The number of anilines is 1. The second-order valence-corrected chi connectivity index (χ2v) is 28.0. The molecule has 6 aliphatic heterocycles. The molecule has 6 fully saturated rings. The van der Waals surface area contributed by atoms with E-state index in [2.05, 4.69) is 31.6 Å². The molecular formula is C64H102N6O44. The maximum Gasteiger partial charge on any atom is 0.364 e. The van der Waals surface area contributed by atoms with Gasteiger partial charge >= 0.3 is 17.9 Å². The van der Waals surface area contributed by atoms with Crippen LogP contribution in [0.1, 0.15) is 47.0 Å². The number of amides is 4. The molecule has 0 saturated carbocycles. The Morgan fingerprint density at radius 2 is 0.868 bits per heavy atom. The third-order valence-corrected chi connectivity index (χ3v) is 19.7. The number of aliphatic carboxylic acids is 3. The second kappa shape index (κ2) is 41.0. The topological polar surface area (TPSA) is 809 Å². The standard InChI is InChI=1S/C64H102N6O44/c1-20(78)67-36-24(82)9-62(59(97)98,110-51(36)41(90)28(86)13-71)109-33(18-76)45(94)53-38(69-22(3)80)26(84)11-64(112-53,61(101)102)114-55-47(96)58(106-48(30(88)15-73)40(89)27(85)12-66-35-7-5-6-8-65-35)105-34(19-77)49(55)107-56-39(70-23(4)81)50(43(92)31(16-74)103-56)108-57-46(95)54(44(93)32(17-75)104-57)113-63(60(99)100)10-25(83)37(68-21(2)79)52(111-63)42(91)29(87)14-72/h5-8,24-34,36-58,71-77,82-96H,9-19H2,1-4H3,(H,65,66)(H,67,78)(H,68,79)(H,69,80)(H,70,81)(H,97,98)(H,99,100)(H,101,102)/t24-,25-,26-,27-,28+,29+,30+,31+,32+,33+,34+,36+,37+,38+,39+,40+,41+,42+,43-,44-,45+,46+,47+,48+,49-,50+,51+,52+,53+,54-,55+,56-,57-,58-,62+,63-,64-/m0/s1. The summed E-state index contributed by atoms with van der Waals surface area (Å²) in [6.45, 7) is -6.76. The summed E-state index contributed by atoms with van der Waals surface area (Å²) in [5, 5.41) is 291. The Hall–Kier alpha value is -6.12. The fourth-order valence-corrected chi connectivity index (χ4v) is 14.0. The molecule has 114 heavy (non-hydrogen) atoms. The van der Waals surface area contributed by atoms with Crippen LogP contribution in [0, 0.1) is 0 Å². The number of aliphatic hydroxyl groups is 22. The molecule has 6 saturated heterocycles. The molecule has 7 heterocycles. The van der Waals surface area contributed by atoms with Gasteiger partial charge in [-0.25, -0.2) is 19.4 Å². The molecule has 7 rings (SSSR count). The number of pyridine rings is 1. The number of aliphatic hydroxyl groups excluding tert-OH is 22. The number of rotatable bonds is 38. The normalized spacial score (nSPS) is 38.7. The van der Waals surface area contributed by atoms with Gasteiger partial charge < -0.3 is 211 Å². The van der Waals surface area contributed by atoms with Gasteiger partial charge in [-0.05, 0) is 12.1 Å². The number of hydrogen-bond donors (Lipinski definition) is 30. The van der Waals surface area contributed by atoms with E-state index in [0.717, 1.165) is 27.7 Å². The van der Waals surface area contributed by atoms with E-state index in [1.807, 2.05) is 0 Å². The maximum atomic E-state index is 14.3. The molecule has 30 N–H and O–H groups in total. The molecule has 37 atom stereocenters. The van der Waals surface area contributed by atoms with E-state index >= 15 is 0 Å². The highest BCUT2D eigenvalue weighted by molar-refractivity contribution is 5.78. The molecule has 1 aromatic rings. The highest BCUT2D eigenvalue weighted by atomic mass is 16.8. The van der Waals surface area contributed by atoms with Crippen molar-refractivity contribution in [2.75, 3.05) is 58.1 Å². The van der Waals surface area contributed by atoms with E-state index in [1.54, 1.807) is 0 Å². The number of aromatic nitrogens is 1.